The summed E-state index contributed by atoms with van der Waals surface area (Å²) in [6, 6.07) is 8.39. The van der Waals surface area contributed by atoms with Crippen LogP contribution in [-0.4, -0.2) is 29.3 Å². The van der Waals surface area contributed by atoms with E-state index >= 15 is 0 Å². The van der Waals surface area contributed by atoms with Crippen molar-refractivity contribution in [3.8, 4) is 16.9 Å². The van der Waals surface area contributed by atoms with Gasteiger partial charge in [0.15, 0.2) is 6.61 Å². The van der Waals surface area contributed by atoms with Gasteiger partial charge in [-0.05, 0) is 29.8 Å². The van der Waals surface area contributed by atoms with Crippen LogP contribution in [0.5, 0.6) is 5.75 Å². The number of rotatable bonds is 4. The predicted octanol–water partition coefficient (Wildman–Crippen LogP) is 1.01. The van der Waals surface area contributed by atoms with Crippen molar-refractivity contribution in [3.05, 3.63) is 36.7 Å². The van der Waals surface area contributed by atoms with Crippen molar-refractivity contribution in [2.45, 2.75) is 0 Å². The zero-order valence-corrected chi connectivity index (χ0v) is 10.3. The van der Waals surface area contributed by atoms with Gasteiger partial charge in [0.1, 0.15) is 5.75 Å². The molecule has 0 fully saturated rings. The second kappa shape index (κ2) is 5.35. The number of amides is 1. The Morgan fingerprint density at radius 2 is 2.33 bits per heavy atom. The summed E-state index contributed by atoms with van der Waals surface area (Å²) in [7, 11) is 3.43. The molecule has 1 amide bonds. The monoisotopic (exact) mass is 244 g/mol. The number of aryl methyl sites for hydroxylation is 1. The molecule has 5 heteroatoms. The third-order valence-corrected chi connectivity index (χ3v) is 2.45. The SMILES string of the molecule is CNC(=O)COc1c[c]cc(-c2cnn(C)c2)c1. The summed E-state index contributed by atoms with van der Waals surface area (Å²) in [5, 5.41) is 6.61. The molecule has 0 saturated heterocycles. The van der Waals surface area contributed by atoms with Crippen molar-refractivity contribution >= 4 is 5.91 Å². The molecule has 0 unspecified atom stereocenters. The normalized spacial score (nSPS) is 10.1. The van der Waals surface area contributed by atoms with Crippen molar-refractivity contribution in [2.75, 3.05) is 13.7 Å². The summed E-state index contributed by atoms with van der Waals surface area (Å²) in [6.45, 7) is 0.000826. The Morgan fingerprint density at radius 1 is 1.50 bits per heavy atom. The van der Waals surface area contributed by atoms with Gasteiger partial charge in [-0.1, -0.05) is 0 Å². The number of nitrogens with zero attached hydrogens (tertiary/aromatic N) is 2. The van der Waals surface area contributed by atoms with Crippen LogP contribution in [-0.2, 0) is 11.8 Å². The fourth-order valence-corrected chi connectivity index (χ4v) is 1.49. The maximum absolute atomic E-state index is 11.1. The second-order valence-electron chi connectivity index (χ2n) is 3.82. The summed E-state index contributed by atoms with van der Waals surface area (Å²) in [5.41, 5.74) is 1.94. The third kappa shape index (κ3) is 2.88. The highest BCUT2D eigenvalue weighted by atomic mass is 16.5. The molecule has 2 rings (SSSR count). The molecule has 0 bridgehead atoms. The van der Waals surface area contributed by atoms with Gasteiger partial charge in [0.05, 0.1) is 6.20 Å². The molecule has 1 aromatic heterocycles. The molecule has 1 N–H and O–H groups in total. The van der Waals surface area contributed by atoms with E-state index in [1.807, 2.05) is 25.4 Å². The van der Waals surface area contributed by atoms with Gasteiger partial charge in [-0.15, -0.1) is 0 Å². The number of likely N-dealkylation sites (N-methyl/N-ethyl adjacent to an activating group) is 1. The zero-order chi connectivity index (χ0) is 13.0. The van der Waals surface area contributed by atoms with Crippen molar-refractivity contribution in [3.63, 3.8) is 0 Å². The van der Waals surface area contributed by atoms with E-state index in [0.29, 0.717) is 5.75 Å². The van der Waals surface area contributed by atoms with Gasteiger partial charge in [-0.25, -0.2) is 0 Å². The van der Waals surface area contributed by atoms with Crippen LogP contribution in [0.4, 0.5) is 0 Å². The number of aromatic nitrogens is 2. The molecule has 0 atom stereocenters. The van der Waals surface area contributed by atoms with E-state index in [4.69, 9.17) is 4.74 Å². The van der Waals surface area contributed by atoms with Crippen LogP contribution in [0, 0.1) is 6.07 Å². The first kappa shape index (κ1) is 12.2. The quantitative estimate of drug-likeness (QED) is 0.873. The maximum atomic E-state index is 11.1. The lowest BCUT2D eigenvalue weighted by atomic mass is 10.1. The van der Waals surface area contributed by atoms with E-state index in [-0.39, 0.29) is 12.5 Å². The Balaban J connectivity index is 2.12. The fraction of sp³-hybridized carbons (Fsp3) is 0.231. The molecule has 93 valence electrons. The standard InChI is InChI=1S/C13H14N3O2/c1-14-13(17)9-18-12-5-3-4-10(6-12)11-7-15-16(2)8-11/h4-8H,9H2,1-2H3,(H,14,17). The van der Waals surface area contributed by atoms with Gasteiger partial charge >= 0.3 is 0 Å². The topological polar surface area (TPSA) is 56.1 Å². The smallest absolute Gasteiger partial charge is 0.257 e. The number of carbonyl (C=O) groups is 1. The van der Waals surface area contributed by atoms with Gasteiger partial charge in [-0.3, -0.25) is 9.48 Å². The number of hydrogen-bond donors (Lipinski definition) is 1. The highest BCUT2D eigenvalue weighted by molar-refractivity contribution is 5.77. The van der Waals surface area contributed by atoms with Crippen LogP contribution in [0.25, 0.3) is 11.1 Å². The van der Waals surface area contributed by atoms with Crippen molar-refractivity contribution in [1.29, 1.82) is 0 Å². The molecule has 2 aromatic rings. The molecular formula is C13H14N3O2. The summed E-state index contributed by atoms with van der Waals surface area (Å²) >= 11 is 0. The van der Waals surface area contributed by atoms with Crippen LogP contribution in [0.1, 0.15) is 0 Å². The minimum absolute atomic E-state index is 0.000826. The highest BCUT2D eigenvalue weighted by Gasteiger charge is 2.04. The number of nitrogens with one attached hydrogen (secondary N) is 1. The largest absolute Gasteiger partial charge is 0.484 e. The molecule has 0 spiro atoms. The summed E-state index contributed by atoms with van der Waals surface area (Å²) < 4.78 is 7.09. The van der Waals surface area contributed by atoms with E-state index in [9.17, 15) is 4.79 Å². The molecule has 5 nitrogen and oxygen atoms in total. The molecule has 18 heavy (non-hydrogen) atoms. The third-order valence-electron chi connectivity index (χ3n) is 2.45. The number of benzene rings is 1. The molecule has 0 aliphatic heterocycles. The minimum atomic E-state index is -0.165. The van der Waals surface area contributed by atoms with E-state index in [2.05, 4.69) is 16.5 Å². The molecule has 0 saturated carbocycles. The summed E-state index contributed by atoms with van der Waals surface area (Å²) in [4.78, 5) is 11.1. The molecule has 1 heterocycles. The average Bonchev–Trinajstić information content (AvgIpc) is 2.83. The first-order valence-electron chi connectivity index (χ1n) is 5.52. The van der Waals surface area contributed by atoms with E-state index in [1.165, 1.54) is 0 Å². The molecule has 1 aromatic carbocycles. The molecule has 1 radical (unpaired) electrons. The lowest BCUT2D eigenvalue weighted by Crippen LogP contribution is -2.24. The van der Waals surface area contributed by atoms with Gasteiger partial charge in [0.2, 0.25) is 0 Å². The van der Waals surface area contributed by atoms with Gasteiger partial charge < -0.3 is 10.1 Å². The second-order valence-corrected chi connectivity index (χ2v) is 3.82. The van der Waals surface area contributed by atoms with Crippen molar-refractivity contribution < 1.29 is 9.53 Å². The van der Waals surface area contributed by atoms with Crippen LogP contribution in [0.15, 0.2) is 30.6 Å². The average molecular weight is 244 g/mol. The molecular weight excluding hydrogens is 230 g/mol. The first-order valence-corrected chi connectivity index (χ1v) is 5.52. The van der Waals surface area contributed by atoms with Gasteiger partial charge in [-0.2, -0.15) is 5.10 Å². The Labute approximate surface area is 105 Å². The summed E-state index contributed by atoms with van der Waals surface area (Å²) in [6.07, 6.45) is 3.68. The van der Waals surface area contributed by atoms with Crippen LogP contribution in [0.3, 0.4) is 0 Å². The lowest BCUT2D eigenvalue weighted by molar-refractivity contribution is -0.122. The highest BCUT2D eigenvalue weighted by Crippen LogP contribution is 2.22. The Kier molecular flexibility index (Phi) is 3.62. The van der Waals surface area contributed by atoms with Crippen LogP contribution >= 0.6 is 0 Å². The molecule has 0 aliphatic carbocycles. The van der Waals surface area contributed by atoms with E-state index < -0.39 is 0 Å². The van der Waals surface area contributed by atoms with Crippen LogP contribution in [0.2, 0.25) is 0 Å². The van der Waals surface area contributed by atoms with Crippen LogP contribution < -0.4 is 10.1 Å². The Morgan fingerprint density at radius 3 is 3.00 bits per heavy atom. The van der Waals surface area contributed by atoms with Crippen molar-refractivity contribution in [2.24, 2.45) is 7.05 Å². The molecule has 0 aliphatic rings. The maximum Gasteiger partial charge on any atom is 0.257 e. The Bertz CT molecular complexity index is 549. The summed E-state index contributed by atoms with van der Waals surface area (Å²) in [5.74, 6) is 0.446. The number of ether oxygens (including phenoxy) is 1. The van der Waals surface area contributed by atoms with E-state index in [1.54, 1.807) is 24.0 Å². The zero-order valence-electron chi connectivity index (χ0n) is 10.3. The minimum Gasteiger partial charge on any atom is -0.484 e. The number of hydrogen-bond acceptors (Lipinski definition) is 3. The number of carbonyl (C=O) groups excluding carboxylic acids is 1. The fourth-order valence-electron chi connectivity index (χ4n) is 1.49. The van der Waals surface area contributed by atoms with Gasteiger partial charge in [0.25, 0.3) is 5.91 Å². The van der Waals surface area contributed by atoms with Crippen molar-refractivity contribution in [1.82, 2.24) is 15.1 Å². The Hall–Kier alpha value is -2.30. The lowest BCUT2D eigenvalue weighted by Gasteiger charge is -2.06. The van der Waals surface area contributed by atoms with Gasteiger partial charge in [0, 0.05) is 25.9 Å². The first-order chi connectivity index (χ1) is 8.69. The van der Waals surface area contributed by atoms with E-state index in [0.717, 1.165) is 11.1 Å². The predicted molar refractivity (Wildman–Crippen MR) is 67.0 cm³/mol.